The van der Waals surface area contributed by atoms with Gasteiger partial charge in [0.2, 0.25) is 5.13 Å². The summed E-state index contributed by atoms with van der Waals surface area (Å²) in [7, 11) is 1.54. The second-order valence-electron chi connectivity index (χ2n) is 9.50. The number of hydrogen-bond donors (Lipinski definition) is 1. The van der Waals surface area contributed by atoms with Crippen LogP contribution in [0.1, 0.15) is 34.1 Å². The second-order valence-corrected chi connectivity index (χ2v) is 11.7. The number of thioether (sulfide) groups is 1. The minimum Gasteiger partial charge on any atom is -0.505 e. The molecule has 6 rings (SSSR count). The van der Waals surface area contributed by atoms with Gasteiger partial charge in [0.05, 0.1) is 24.4 Å². The van der Waals surface area contributed by atoms with E-state index >= 15 is 0 Å². The number of hydrogen-bond acceptors (Lipinski definition) is 9. The van der Waals surface area contributed by atoms with Gasteiger partial charge >= 0.3 is 5.91 Å². The van der Waals surface area contributed by atoms with E-state index in [4.69, 9.17) is 4.74 Å². The Balaban J connectivity index is 1.46. The molecule has 0 aliphatic carbocycles. The Morgan fingerprint density at radius 3 is 2.61 bits per heavy atom. The number of rotatable bonds is 7. The number of amides is 1. The number of aliphatic hydroxyl groups excluding tert-OH is 1. The van der Waals surface area contributed by atoms with E-state index < -0.39 is 17.7 Å². The maximum Gasteiger partial charge on any atom is 0.301 e. The number of carbonyl (C=O) groups is 2. The van der Waals surface area contributed by atoms with E-state index in [1.54, 1.807) is 31.4 Å². The summed E-state index contributed by atoms with van der Waals surface area (Å²) >= 11 is 2.72. The topological polar surface area (TPSA) is 110 Å². The molecular weight excluding hydrogens is 558 g/mol. The molecule has 11 heteroatoms. The van der Waals surface area contributed by atoms with Gasteiger partial charge in [-0.2, -0.15) is 0 Å². The van der Waals surface area contributed by atoms with E-state index in [2.05, 4.69) is 15.2 Å². The number of ketones is 1. The molecule has 1 aliphatic rings. The third-order valence-corrected chi connectivity index (χ3v) is 9.10. The maximum atomic E-state index is 13.6. The Bertz CT molecular complexity index is 1830. The predicted octanol–water partition coefficient (Wildman–Crippen LogP) is 5.73. The number of methoxy groups -OCH3 is 1. The number of imidazole rings is 1. The van der Waals surface area contributed by atoms with Gasteiger partial charge in [-0.15, -0.1) is 10.2 Å². The van der Waals surface area contributed by atoms with Gasteiger partial charge < -0.3 is 14.2 Å². The Morgan fingerprint density at radius 1 is 1.05 bits per heavy atom. The molecule has 1 amide bonds. The maximum absolute atomic E-state index is 13.6. The highest BCUT2D eigenvalue weighted by Crippen LogP contribution is 2.44. The van der Waals surface area contributed by atoms with Crippen LogP contribution in [0.25, 0.3) is 11.4 Å². The molecule has 4 heterocycles. The summed E-state index contributed by atoms with van der Waals surface area (Å²) in [6, 6.07) is 19.9. The van der Waals surface area contributed by atoms with Crippen molar-refractivity contribution in [2.24, 2.45) is 0 Å². The smallest absolute Gasteiger partial charge is 0.301 e. The van der Waals surface area contributed by atoms with Crippen molar-refractivity contribution in [3.05, 3.63) is 107 Å². The van der Waals surface area contributed by atoms with Gasteiger partial charge in [0.1, 0.15) is 17.1 Å². The number of carbonyl (C=O) groups excluding carboxylic acids is 2. The van der Waals surface area contributed by atoms with E-state index in [-0.39, 0.29) is 22.2 Å². The van der Waals surface area contributed by atoms with Crippen LogP contribution in [0.2, 0.25) is 0 Å². The lowest BCUT2D eigenvalue weighted by molar-refractivity contribution is -0.132. The average Bonchev–Trinajstić information content (AvgIpc) is 3.67. The molecular formula is C30H25N5O4S2. The van der Waals surface area contributed by atoms with Crippen molar-refractivity contribution in [3.8, 4) is 5.75 Å². The van der Waals surface area contributed by atoms with Crippen LogP contribution < -0.4 is 9.64 Å². The molecule has 0 spiro atoms. The number of aromatic nitrogens is 4. The van der Waals surface area contributed by atoms with Crippen LogP contribution >= 0.6 is 23.1 Å². The van der Waals surface area contributed by atoms with Crippen molar-refractivity contribution in [1.29, 1.82) is 0 Å². The van der Waals surface area contributed by atoms with Crippen LogP contribution in [-0.2, 0) is 15.3 Å². The van der Waals surface area contributed by atoms with Crippen LogP contribution in [-0.4, -0.2) is 43.5 Å². The number of aryl methyl sites for hydroxylation is 2. The van der Waals surface area contributed by atoms with E-state index in [1.165, 1.54) is 28.0 Å². The minimum atomic E-state index is -0.963. The van der Waals surface area contributed by atoms with Crippen molar-refractivity contribution in [2.75, 3.05) is 12.0 Å². The van der Waals surface area contributed by atoms with Crippen molar-refractivity contribution < 1.29 is 19.4 Å². The van der Waals surface area contributed by atoms with Gasteiger partial charge in [-0.1, -0.05) is 71.6 Å². The monoisotopic (exact) mass is 583 g/mol. The van der Waals surface area contributed by atoms with E-state index in [9.17, 15) is 14.7 Å². The van der Waals surface area contributed by atoms with E-state index in [1.807, 2.05) is 66.9 Å². The highest BCUT2D eigenvalue weighted by atomic mass is 32.2. The lowest BCUT2D eigenvalue weighted by atomic mass is 9.96. The largest absolute Gasteiger partial charge is 0.505 e. The molecule has 206 valence electrons. The molecule has 9 nitrogen and oxygen atoms in total. The van der Waals surface area contributed by atoms with Crippen LogP contribution in [0.5, 0.6) is 5.75 Å². The first-order valence-corrected chi connectivity index (χ1v) is 14.6. The summed E-state index contributed by atoms with van der Waals surface area (Å²) in [5.74, 6) is -0.739. The molecule has 2 aromatic carbocycles. The minimum absolute atomic E-state index is 0.0684. The van der Waals surface area contributed by atoms with Crippen molar-refractivity contribution >= 4 is 51.3 Å². The highest BCUT2D eigenvalue weighted by molar-refractivity contribution is 8.00. The molecule has 41 heavy (non-hydrogen) atoms. The number of benzene rings is 2. The lowest BCUT2D eigenvalue weighted by Crippen LogP contribution is -2.29. The fourth-order valence-electron chi connectivity index (χ4n) is 4.91. The van der Waals surface area contributed by atoms with E-state index in [0.717, 1.165) is 11.1 Å². The van der Waals surface area contributed by atoms with Gasteiger partial charge in [-0.25, -0.2) is 4.98 Å². The molecule has 3 aromatic heterocycles. The van der Waals surface area contributed by atoms with Crippen LogP contribution in [0.3, 0.4) is 0 Å². The molecule has 5 aromatic rings. The molecule has 0 saturated carbocycles. The third-order valence-electron chi connectivity index (χ3n) is 6.97. The van der Waals surface area contributed by atoms with Gasteiger partial charge in [0.25, 0.3) is 5.78 Å². The summed E-state index contributed by atoms with van der Waals surface area (Å²) < 4.78 is 7.93. The Labute approximate surface area is 244 Å². The first kappa shape index (κ1) is 26.7. The van der Waals surface area contributed by atoms with Gasteiger partial charge in [0, 0.05) is 11.9 Å². The third kappa shape index (κ3) is 4.76. The predicted molar refractivity (Wildman–Crippen MR) is 158 cm³/mol. The zero-order valence-corrected chi connectivity index (χ0v) is 24.1. The molecule has 1 aliphatic heterocycles. The molecule has 0 bridgehead atoms. The Hall–Kier alpha value is -4.48. The average molecular weight is 584 g/mol. The summed E-state index contributed by atoms with van der Waals surface area (Å²) in [4.78, 5) is 33.2. The first-order valence-electron chi connectivity index (χ1n) is 12.8. The number of fused-ring (bicyclic) bond motifs is 1. The number of pyridine rings is 1. The zero-order chi connectivity index (χ0) is 28.7. The lowest BCUT2D eigenvalue weighted by Gasteiger charge is -2.22. The number of nitrogens with zero attached hydrogens (tertiary/aromatic N) is 5. The Kier molecular flexibility index (Phi) is 7.06. The Morgan fingerprint density at radius 2 is 1.85 bits per heavy atom. The van der Waals surface area contributed by atoms with Gasteiger partial charge in [-0.3, -0.25) is 14.5 Å². The zero-order valence-electron chi connectivity index (χ0n) is 22.4. The molecule has 1 saturated heterocycles. The van der Waals surface area contributed by atoms with Crippen LogP contribution in [0, 0.1) is 13.8 Å². The first-order chi connectivity index (χ1) is 19.9. The number of anilines is 1. The standard InChI is InChI=1S/C30H25N5O4S2/c1-17-9-8-14-34-18(2)23(31-27(17)34)25(36)22-24(20-12-7-13-21(15-20)39-3)35(28(38)26(22)37)29-32-33-30(41-29)40-16-19-10-5-4-6-11-19/h4-15,24,36H,16H2,1-3H3. The number of ether oxygens (including phenoxy) is 1. The molecule has 1 atom stereocenters. The van der Waals surface area contributed by atoms with Crippen LogP contribution in [0.15, 0.2) is 82.8 Å². The summed E-state index contributed by atoms with van der Waals surface area (Å²) in [5, 5.41) is 20.5. The second kappa shape index (κ2) is 10.8. The SMILES string of the molecule is COc1cccc(C2C(=C(O)c3nc4c(C)cccn4c3C)C(=O)C(=O)N2c2nnc(SCc3ccccc3)s2)c1. The van der Waals surface area contributed by atoms with Crippen molar-refractivity contribution in [2.45, 2.75) is 30.0 Å². The van der Waals surface area contributed by atoms with Crippen molar-refractivity contribution in [3.63, 3.8) is 0 Å². The summed E-state index contributed by atoms with van der Waals surface area (Å²) in [6.45, 7) is 3.73. The molecule has 0 radical (unpaired) electrons. The van der Waals surface area contributed by atoms with Gasteiger partial charge in [-0.05, 0) is 48.7 Å². The van der Waals surface area contributed by atoms with Gasteiger partial charge in [0.15, 0.2) is 10.1 Å². The fraction of sp³-hybridized carbons (Fsp3) is 0.167. The normalized spacial score (nSPS) is 16.6. The summed E-state index contributed by atoms with van der Waals surface area (Å²) in [5.41, 5.74) is 4.09. The summed E-state index contributed by atoms with van der Waals surface area (Å²) in [6.07, 6.45) is 1.84. The van der Waals surface area contributed by atoms with Crippen molar-refractivity contribution in [1.82, 2.24) is 19.6 Å². The fourth-order valence-corrected chi connectivity index (χ4v) is 6.73. The van der Waals surface area contributed by atoms with Crippen LogP contribution in [0.4, 0.5) is 5.13 Å². The molecule has 1 unspecified atom stereocenters. The quantitative estimate of drug-likeness (QED) is 0.0851. The molecule has 1 fully saturated rings. The van der Waals surface area contributed by atoms with E-state index in [0.29, 0.717) is 32.7 Å². The number of Topliss-reactive ketones (excluding diaryl/α,β-unsaturated/α-hetero) is 1. The molecule has 1 N–H and O–H groups in total. The highest BCUT2D eigenvalue weighted by Gasteiger charge is 2.49. The number of aliphatic hydroxyl groups is 1.